The highest BCUT2D eigenvalue weighted by Gasteiger charge is 2.32. The highest BCUT2D eigenvalue weighted by Crippen LogP contribution is 2.44. The zero-order valence-electron chi connectivity index (χ0n) is 21.7. The number of pyridine rings is 1. The van der Waals surface area contributed by atoms with Crippen LogP contribution in [0, 0.1) is 0 Å². The van der Waals surface area contributed by atoms with E-state index >= 15 is 0 Å². The molecule has 2 aliphatic rings. The maximum absolute atomic E-state index is 12.9. The molecule has 2 aliphatic heterocycles. The van der Waals surface area contributed by atoms with Gasteiger partial charge in [-0.15, -0.1) is 11.3 Å². The molecule has 0 aliphatic carbocycles. The molecule has 0 bridgehead atoms. The van der Waals surface area contributed by atoms with E-state index in [0.29, 0.717) is 32.1 Å². The average Bonchev–Trinajstić information content (AvgIpc) is 3.52. The third kappa shape index (κ3) is 5.17. The summed E-state index contributed by atoms with van der Waals surface area (Å²) in [5.74, 6) is 0. The summed E-state index contributed by atoms with van der Waals surface area (Å²) in [6.07, 6.45) is 1.05. The van der Waals surface area contributed by atoms with Crippen LogP contribution in [0.5, 0.6) is 0 Å². The van der Waals surface area contributed by atoms with Crippen LogP contribution < -0.4 is 21.5 Å². The lowest BCUT2D eigenvalue weighted by molar-refractivity contribution is -0.141. The summed E-state index contributed by atoms with van der Waals surface area (Å²) in [7, 11) is 0. The summed E-state index contributed by atoms with van der Waals surface area (Å²) in [5, 5.41) is 4.21. The van der Waals surface area contributed by atoms with Crippen molar-refractivity contribution in [3.63, 3.8) is 0 Å². The minimum absolute atomic E-state index is 0.151. The van der Waals surface area contributed by atoms with Crippen molar-refractivity contribution in [2.45, 2.75) is 57.5 Å². The van der Waals surface area contributed by atoms with Gasteiger partial charge >= 0.3 is 11.9 Å². The number of aryl methyl sites for hydroxylation is 1. The molecule has 1 saturated heterocycles. The molecule has 3 aromatic heterocycles. The number of rotatable bonds is 5. The van der Waals surface area contributed by atoms with Gasteiger partial charge in [-0.2, -0.15) is 13.2 Å². The fourth-order valence-electron chi connectivity index (χ4n) is 5.91. The van der Waals surface area contributed by atoms with E-state index in [2.05, 4.69) is 22.1 Å². The number of hydrogen-bond donors (Lipinski definition) is 1. The molecule has 0 saturated carbocycles. The first-order valence-electron chi connectivity index (χ1n) is 13.1. The number of alkyl halides is 3. The molecule has 0 amide bonds. The first kappa shape index (κ1) is 27.0. The van der Waals surface area contributed by atoms with Crippen molar-refractivity contribution in [1.82, 2.24) is 19.4 Å². The van der Waals surface area contributed by atoms with Crippen LogP contribution in [0.2, 0.25) is 5.02 Å². The Bertz CT molecular complexity index is 1710. The van der Waals surface area contributed by atoms with Crippen molar-refractivity contribution < 1.29 is 13.2 Å². The van der Waals surface area contributed by atoms with Gasteiger partial charge in [0, 0.05) is 70.3 Å². The van der Waals surface area contributed by atoms with Crippen molar-refractivity contribution in [2.75, 3.05) is 18.0 Å². The smallest absolute Gasteiger partial charge is 0.366 e. The highest BCUT2D eigenvalue weighted by molar-refractivity contribution is 7.19. The van der Waals surface area contributed by atoms with Gasteiger partial charge in [-0.1, -0.05) is 11.6 Å². The number of anilines is 1. The Labute approximate surface area is 236 Å². The van der Waals surface area contributed by atoms with Gasteiger partial charge in [0.2, 0.25) is 0 Å². The zero-order valence-corrected chi connectivity index (χ0v) is 23.2. The Balaban J connectivity index is 1.43. The lowest BCUT2D eigenvalue weighted by Crippen LogP contribution is -2.41. The monoisotopic (exact) mass is 589 g/mol. The summed E-state index contributed by atoms with van der Waals surface area (Å²) in [6, 6.07) is 9.56. The van der Waals surface area contributed by atoms with Crippen LogP contribution in [-0.4, -0.2) is 45.5 Å². The van der Waals surface area contributed by atoms with Gasteiger partial charge in [0.25, 0.3) is 5.56 Å². The maximum atomic E-state index is 12.9. The molecule has 4 aromatic rings. The standard InChI is InChI=1S/C28H27ClF3N5O2S/c1-16-9-19(13-34-16)36-7-2-3-17-10-18(29)11-22(25(17)36)21-4-6-33-23-12-20(40-26(21)23)14-37-24(38)5-8-35(27(37)39)15-28(30,31)32/h4-6,8,10-12,16,19,34H,2-3,7,9,13-15H2,1H3. The fraction of sp³-hybridized carbons (Fsp3) is 0.393. The number of thiophene rings is 1. The third-order valence-corrected chi connectivity index (χ3v) is 8.97. The molecule has 6 rings (SSSR count). The van der Waals surface area contributed by atoms with Crippen LogP contribution >= 0.6 is 22.9 Å². The zero-order chi connectivity index (χ0) is 28.2. The molecule has 0 spiro atoms. The highest BCUT2D eigenvalue weighted by atomic mass is 35.5. The number of hydrogen-bond acceptors (Lipinski definition) is 6. The topological polar surface area (TPSA) is 72.2 Å². The molecule has 12 heteroatoms. The molecule has 40 heavy (non-hydrogen) atoms. The van der Waals surface area contributed by atoms with Gasteiger partial charge in [0.1, 0.15) is 6.54 Å². The minimum Gasteiger partial charge on any atom is -0.366 e. The van der Waals surface area contributed by atoms with E-state index in [1.54, 1.807) is 12.3 Å². The van der Waals surface area contributed by atoms with E-state index in [1.165, 1.54) is 22.6 Å². The van der Waals surface area contributed by atoms with E-state index < -0.39 is 24.0 Å². The molecule has 1 fully saturated rings. The maximum Gasteiger partial charge on any atom is 0.406 e. The molecule has 7 nitrogen and oxygen atoms in total. The van der Waals surface area contributed by atoms with Gasteiger partial charge in [-0.3, -0.25) is 18.9 Å². The second-order valence-electron chi connectivity index (χ2n) is 10.5. The Morgan fingerprint density at radius 1 is 1.18 bits per heavy atom. The number of nitrogens with zero attached hydrogens (tertiary/aromatic N) is 4. The van der Waals surface area contributed by atoms with Crippen molar-refractivity contribution in [3.05, 3.63) is 79.0 Å². The summed E-state index contributed by atoms with van der Waals surface area (Å²) < 4.78 is 41.0. The van der Waals surface area contributed by atoms with E-state index in [1.807, 2.05) is 18.2 Å². The van der Waals surface area contributed by atoms with Crippen LogP contribution in [0.3, 0.4) is 0 Å². The summed E-state index contributed by atoms with van der Waals surface area (Å²) in [6.45, 7) is 2.45. The Morgan fingerprint density at radius 2 is 2.00 bits per heavy atom. The first-order chi connectivity index (χ1) is 19.1. The minimum atomic E-state index is -4.58. The van der Waals surface area contributed by atoms with Crippen LogP contribution in [0.4, 0.5) is 18.9 Å². The first-order valence-corrected chi connectivity index (χ1v) is 14.3. The molecule has 2 atom stereocenters. The number of aromatic nitrogens is 3. The molecule has 5 heterocycles. The third-order valence-electron chi connectivity index (χ3n) is 7.61. The lowest BCUT2D eigenvalue weighted by Gasteiger charge is -2.38. The second-order valence-corrected chi connectivity index (χ2v) is 12.1. The van der Waals surface area contributed by atoms with Crippen LogP contribution in [0.1, 0.15) is 30.2 Å². The Kier molecular flexibility index (Phi) is 7.00. The average molecular weight is 590 g/mol. The fourth-order valence-corrected chi connectivity index (χ4v) is 7.28. The van der Waals surface area contributed by atoms with Crippen molar-refractivity contribution in [1.29, 1.82) is 0 Å². The molecule has 2 unspecified atom stereocenters. The summed E-state index contributed by atoms with van der Waals surface area (Å²) >= 11 is 8.00. The lowest BCUT2D eigenvalue weighted by atomic mass is 9.92. The van der Waals surface area contributed by atoms with E-state index in [0.717, 1.165) is 65.0 Å². The van der Waals surface area contributed by atoms with Gasteiger partial charge in [0.05, 0.1) is 16.8 Å². The number of nitrogens with one attached hydrogen (secondary N) is 1. The largest absolute Gasteiger partial charge is 0.406 e. The molecule has 1 aromatic carbocycles. The van der Waals surface area contributed by atoms with Gasteiger partial charge in [-0.25, -0.2) is 4.79 Å². The normalized spacial score (nSPS) is 19.4. The molecule has 0 radical (unpaired) electrons. The quantitative estimate of drug-likeness (QED) is 0.353. The van der Waals surface area contributed by atoms with Crippen molar-refractivity contribution in [3.8, 4) is 11.1 Å². The predicted molar refractivity (Wildman–Crippen MR) is 152 cm³/mol. The van der Waals surface area contributed by atoms with E-state index in [4.69, 9.17) is 11.6 Å². The van der Waals surface area contributed by atoms with Crippen molar-refractivity contribution >= 4 is 38.8 Å². The number of fused-ring (bicyclic) bond motifs is 2. The van der Waals surface area contributed by atoms with Crippen LogP contribution in [0.15, 0.2) is 52.3 Å². The van der Waals surface area contributed by atoms with Gasteiger partial charge < -0.3 is 10.2 Å². The molecular formula is C28H27ClF3N5O2S. The number of halogens is 4. The molecule has 210 valence electrons. The second kappa shape index (κ2) is 10.4. The molecule has 1 N–H and O–H groups in total. The summed E-state index contributed by atoms with van der Waals surface area (Å²) in [5.41, 5.74) is 3.35. The Hall–Kier alpha value is -3.15. The van der Waals surface area contributed by atoms with E-state index in [-0.39, 0.29) is 6.54 Å². The van der Waals surface area contributed by atoms with Crippen LogP contribution in [0.25, 0.3) is 21.3 Å². The van der Waals surface area contributed by atoms with Crippen LogP contribution in [-0.2, 0) is 19.5 Å². The van der Waals surface area contributed by atoms with E-state index in [9.17, 15) is 22.8 Å². The molecular weight excluding hydrogens is 563 g/mol. The Morgan fingerprint density at radius 3 is 2.75 bits per heavy atom. The predicted octanol–water partition coefficient (Wildman–Crippen LogP) is 5.05. The van der Waals surface area contributed by atoms with Gasteiger partial charge in [-0.05, 0) is 56.0 Å². The SMILES string of the molecule is CC1CC(N2CCCc3cc(Cl)cc(-c4ccnc5cc(Cn6c(=O)ccn(CC(F)(F)F)c6=O)sc45)c32)CN1. The van der Waals surface area contributed by atoms with Crippen molar-refractivity contribution in [2.24, 2.45) is 0 Å². The summed E-state index contributed by atoms with van der Waals surface area (Å²) in [4.78, 5) is 32.9. The van der Waals surface area contributed by atoms with Gasteiger partial charge in [0.15, 0.2) is 0 Å². The number of benzene rings is 1.